The maximum Gasteiger partial charge on any atom is 0.237 e. The minimum Gasteiger partial charge on any atom is -0.337 e. The molecule has 3 aliphatic heterocycles. The van der Waals surface area contributed by atoms with Gasteiger partial charge in [0.05, 0.1) is 12.6 Å². The van der Waals surface area contributed by atoms with Gasteiger partial charge in [-0.3, -0.25) is 19.4 Å². The van der Waals surface area contributed by atoms with E-state index in [1.54, 1.807) is 18.2 Å². The summed E-state index contributed by atoms with van der Waals surface area (Å²) in [7, 11) is 0. The van der Waals surface area contributed by atoms with Gasteiger partial charge in [0, 0.05) is 62.4 Å². The Bertz CT molecular complexity index is 997. The number of nitrogens with zero attached hydrogens (tertiary/aromatic N) is 3. The van der Waals surface area contributed by atoms with Crippen LogP contribution in [0.1, 0.15) is 44.2 Å². The van der Waals surface area contributed by atoms with Crippen molar-refractivity contribution in [1.82, 2.24) is 14.7 Å². The number of piperazine rings is 1. The van der Waals surface area contributed by atoms with Gasteiger partial charge in [0.2, 0.25) is 5.91 Å². The van der Waals surface area contributed by atoms with E-state index in [-0.39, 0.29) is 41.3 Å². The Kier molecular flexibility index (Phi) is 8.12. The number of hydrogen-bond donors (Lipinski definition) is 1. The average molecular weight is 518 g/mol. The minimum absolute atomic E-state index is 0.0375. The molecular formula is C27H36FN3O4S. The van der Waals surface area contributed by atoms with Crippen LogP contribution < -0.4 is 0 Å². The molecule has 1 saturated carbocycles. The van der Waals surface area contributed by atoms with Gasteiger partial charge in [0.15, 0.2) is 18.4 Å². The maximum absolute atomic E-state index is 14.7. The summed E-state index contributed by atoms with van der Waals surface area (Å²) in [6, 6.07) is 6.06. The number of piperidine rings is 1. The summed E-state index contributed by atoms with van der Waals surface area (Å²) < 4.78 is 25.7. The molecule has 4 fully saturated rings. The second kappa shape index (κ2) is 11.3. The largest absolute Gasteiger partial charge is 0.337 e. The maximum atomic E-state index is 14.7. The van der Waals surface area contributed by atoms with Crippen molar-refractivity contribution in [3.8, 4) is 0 Å². The van der Waals surface area contributed by atoms with E-state index in [9.17, 15) is 14.0 Å². The predicted molar refractivity (Wildman–Crippen MR) is 137 cm³/mol. The van der Waals surface area contributed by atoms with Crippen LogP contribution in [0.5, 0.6) is 0 Å². The lowest BCUT2D eigenvalue weighted by atomic mass is 9.93. The number of ether oxygens (including phenoxy) is 2. The third-order valence-corrected chi connectivity index (χ3v) is 8.25. The van der Waals surface area contributed by atoms with E-state index < -0.39 is 6.04 Å². The molecule has 0 bridgehead atoms. The molecule has 0 N–H and O–H groups in total. The Morgan fingerprint density at radius 3 is 2.64 bits per heavy atom. The van der Waals surface area contributed by atoms with Gasteiger partial charge in [0.1, 0.15) is 5.82 Å². The Morgan fingerprint density at radius 1 is 1.17 bits per heavy atom. The van der Waals surface area contributed by atoms with E-state index in [2.05, 4.69) is 15.9 Å². The van der Waals surface area contributed by atoms with E-state index >= 15 is 0 Å². The van der Waals surface area contributed by atoms with Crippen LogP contribution in [-0.4, -0.2) is 90.0 Å². The summed E-state index contributed by atoms with van der Waals surface area (Å²) in [4.78, 5) is 32.1. The number of hydrogen-bond acceptors (Lipinski definition) is 7. The third-order valence-electron chi connectivity index (χ3n) is 7.66. The molecule has 5 rings (SSSR count). The van der Waals surface area contributed by atoms with Gasteiger partial charge in [-0.1, -0.05) is 24.3 Å². The van der Waals surface area contributed by atoms with Gasteiger partial charge >= 0.3 is 0 Å². The van der Waals surface area contributed by atoms with Gasteiger partial charge in [-0.15, -0.1) is 0 Å². The smallest absolute Gasteiger partial charge is 0.237 e. The first-order valence-electron chi connectivity index (χ1n) is 13.1. The zero-order valence-electron chi connectivity index (χ0n) is 20.9. The lowest BCUT2D eigenvalue weighted by Crippen LogP contribution is -2.51. The van der Waals surface area contributed by atoms with E-state index in [4.69, 9.17) is 22.1 Å². The minimum atomic E-state index is -0.570. The lowest BCUT2D eigenvalue weighted by molar-refractivity contribution is -0.377. The molecule has 0 spiro atoms. The Balaban J connectivity index is 1.20. The highest BCUT2D eigenvalue weighted by atomic mass is 32.1. The number of likely N-dealkylation sites (tertiary alicyclic amines) is 1. The number of ketones is 1. The second-order valence-electron chi connectivity index (χ2n) is 10.3. The van der Waals surface area contributed by atoms with Crippen molar-refractivity contribution in [2.45, 2.75) is 56.5 Å². The molecule has 1 aromatic rings. The van der Waals surface area contributed by atoms with Crippen LogP contribution >= 0.6 is 12.6 Å². The highest BCUT2D eigenvalue weighted by Gasteiger charge is 2.41. The fraction of sp³-hybridized carbons (Fsp3) is 0.630. The van der Waals surface area contributed by atoms with Gasteiger partial charge in [0.25, 0.3) is 0 Å². The Hall–Kier alpha value is -1.78. The molecule has 2 unspecified atom stereocenters. The zero-order valence-corrected chi connectivity index (χ0v) is 21.7. The summed E-state index contributed by atoms with van der Waals surface area (Å²) in [6.07, 6.45) is 5.15. The first-order valence-corrected chi connectivity index (χ1v) is 13.6. The number of benzene rings is 1. The molecule has 196 valence electrons. The van der Waals surface area contributed by atoms with Crippen molar-refractivity contribution >= 4 is 24.3 Å². The Labute approximate surface area is 218 Å². The van der Waals surface area contributed by atoms with Crippen molar-refractivity contribution in [3.05, 3.63) is 47.3 Å². The van der Waals surface area contributed by atoms with Crippen LogP contribution in [-0.2, 0) is 19.1 Å². The number of carbonyl (C=O) groups is 2. The van der Waals surface area contributed by atoms with E-state index in [1.165, 1.54) is 6.07 Å². The number of rotatable bonds is 9. The second-order valence-corrected chi connectivity index (χ2v) is 11.0. The van der Waals surface area contributed by atoms with Gasteiger partial charge < -0.3 is 14.4 Å². The predicted octanol–water partition coefficient (Wildman–Crippen LogP) is 3.03. The van der Waals surface area contributed by atoms with E-state index in [0.29, 0.717) is 38.3 Å². The summed E-state index contributed by atoms with van der Waals surface area (Å²) in [5.41, 5.74) is 1.56. The van der Waals surface area contributed by atoms with Crippen molar-refractivity contribution in [2.24, 2.45) is 5.92 Å². The number of halogens is 1. The quantitative estimate of drug-likeness (QED) is 0.402. The highest BCUT2D eigenvalue weighted by molar-refractivity contribution is 7.81. The monoisotopic (exact) mass is 517 g/mol. The molecule has 1 aliphatic carbocycles. The molecular weight excluding hydrogens is 481 g/mol. The molecule has 36 heavy (non-hydrogen) atoms. The molecule has 2 atom stereocenters. The van der Waals surface area contributed by atoms with Crippen LogP contribution in [0, 0.1) is 11.7 Å². The SMILES string of the molecule is CC1OC(CCN2CCN(C/C=C3\CN(C(C(=O)C4CC4)c4ccccc4F)CCC3S)C(=O)C2)O1. The molecule has 0 aromatic heterocycles. The van der Waals surface area contributed by atoms with E-state index in [0.717, 1.165) is 44.3 Å². The molecule has 9 heteroatoms. The van der Waals surface area contributed by atoms with Gasteiger partial charge in [-0.25, -0.2) is 4.39 Å². The first-order chi connectivity index (χ1) is 17.4. The zero-order chi connectivity index (χ0) is 25.2. The molecule has 1 amide bonds. The number of thiol groups is 1. The Morgan fingerprint density at radius 2 is 1.94 bits per heavy atom. The number of carbonyl (C=O) groups excluding carboxylic acids is 2. The van der Waals surface area contributed by atoms with Crippen LogP contribution in [0.3, 0.4) is 0 Å². The van der Waals surface area contributed by atoms with Gasteiger partial charge in [-0.05, 0) is 37.8 Å². The van der Waals surface area contributed by atoms with Gasteiger partial charge in [-0.2, -0.15) is 12.6 Å². The average Bonchev–Trinajstić information content (AvgIpc) is 3.69. The number of Topliss-reactive ketones (excluding diaryl/α,β-unsaturated/α-hetero) is 1. The summed E-state index contributed by atoms with van der Waals surface area (Å²) in [6.45, 7) is 6.31. The topological polar surface area (TPSA) is 62.3 Å². The third kappa shape index (κ3) is 6.02. The molecule has 4 aliphatic rings. The summed E-state index contributed by atoms with van der Waals surface area (Å²) >= 11 is 4.79. The van der Waals surface area contributed by atoms with Crippen LogP contribution in [0.4, 0.5) is 4.39 Å². The van der Waals surface area contributed by atoms with Crippen LogP contribution in [0.25, 0.3) is 0 Å². The number of amides is 1. The highest BCUT2D eigenvalue weighted by Crippen LogP contribution is 2.39. The summed E-state index contributed by atoms with van der Waals surface area (Å²) in [5, 5.41) is 0.0693. The van der Waals surface area contributed by atoms with Crippen LogP contribution in [0.2, 0.25) is 0 Å². The van der Waals surface area contributed by atoms with Crippen molar-refractivity contribution in [2.75, 3.05) is 45.8 Å². The fourth-order valence-corrected chi connectivity index (χ4v) is 5.66. The first kappa shape index (κ1) is 25.9. The van der Waals surface area contributed by atoms with Crippen molar-refractivity contribution < 1.29 is 23.5 Å². The fourth-order valence-electron chi connectivity index (χ4n) is 5.36. The molecule has 3 saturated heterocycles. The molecule has 3 heterocycles. The molecule has 1 aromatic carbocycles. The normalized spacial score (nSPS) is 29.9. The van der Waals surface area contributed by atoms with Crippen LogP contribution in [0.15, 0.2) is 35.9 Å². The molecule has 0 radical (unpaired) electrons. The van der Waals surface area contributed by atoms with E-state index in [1.807, 2.05) is 11.8 Å². The summed E-state index contributed by atoms with van der Waals surface area (Å²) in [5.74, 6) is -0.0621. The standard InChI is InChI=1S/C27H36FN3O4S/c1-18-34-25(35-18)10-11-29-14-15-30(24(32)17-29)12-8-20-16-31(13-9-23(20)36)26(27(33)19-6-7-19)21-4-2-3-5-22(21)28/h2-5,8,18-19,23,25-26,36H,6-7,9-17H2,1H3/b20-8+. The van der Waals surface area contributed by atoms with Crippen molar-refractivity contribution in [3.63, 3.8) is 0 Å². The lowest BCUT2D eigenvalue weighted by Gasteiger charge is -2.39. The molecule has 7 nitrogen and oxygen atoms in total. The van der Waals surface area contributed by atoms with Crippen molar-refractivity contribution in [1.29, 1.82) is 0 Å².